The van der Waals surface area contributed by atoms with Crippen molar-refractivity contribution in [2.45, 2.75) is 27.7 Å². The minimum absolute atomic E-state index is 0.687. The maximum absolute atomic E-state index is 4.06. The molecule has 0 aromatic carbocycles. The smallest absolute Gasteiger partial charge is 0.0330 e. The van der Waals surface area contributed by atoms with Crippen LogP contribution in [0.5, 0.6) is 0 Å². The molecule has 0 aliphatic rings. The third kappa shape index (κ3) is 5.96. The average Bonchev–Trinajstić information content (AvgIpc) is 2.00. The Balaban J connectivity index is 3.86. The molecule has 2 heteroatoms. The Kier molecular flexibility index (Phi) is 5.43. The van der Waals surface area contributed by atoms with Crippen molar-refractivity contribution in [1.82, 2.24) is 5.32 Å². The van der Waals surface area contributed by atoms with Gasteiger partial charge in [0.2, 0.25) is 0 Å². The molecule has 0 rings (SSSR count). The maximum atomic E-state index is 4.06. The molecule has 0 unspecified atom stereocenters. The molecule has 2 nitrogen and oxygen atoms in total. The van der Waals surface area contributed by atoms with Crippen LogP contribution in [0.25, 0.3) is 0 Å². The fourth-order valence-electron chi connectivity index (χ4n) is 0.794. The Labute approximate surface area is 75.8 Å². The Bertz CT molecular complexity index is 178. The Hall–Kier alpha value is -0.790. The largest absolute Gasteiger partial charge is 0.388 e. The van der Waals surface area contributed by atoms with E-state index in [-0.39, 0.29) is 0 Å². The van der Waals surface area contributed by atoms with Crippen LogP contribution in [0.1, 0.15) is 27.7 Å². The second-order valence-corrected chi connectivity index (χ2v) is 3.47. The van der Waals surface area contributed by atoms with Gasteiger partial charge in [-0.2, -0.15) is 0 Å². The van der Waals surface area contributed by atoms with E-state index < -0.39 is 0 Å². The van der Waals surface area contributed by atoms with Crippen molar-refractivity contribution in [1.29, 1.82) is 0 Å². The van der Waals surface area contributed by atoms with Gasteiger partial charge in [-0.25, -0.2) is 0 Å². The van der Waals surface area contributed by atoms with E-state index in [2.05, 4.69) is 37.2 Å². The lowest BCUT2D eigenvalue weighted by Gasteiger charge is -2.08. The van der Waals surface area contributed by atoms with Crippen LogP contribution in [-0.2, 0) is 0 Å². The van der Waals surface area contributed by atoms with Gasteiger partial charge in [-0.1, -0.05) is 13.8 Å². The summed E-state index contributed by atoms with van der Waals surface area (Å²) in [4.78, 5) is 4.06. The summed E-state index contributed by atoms with van der Waals surface area (Å²) in [6, 6.07) is 0. The first-order valence-electron chi connectivity index (χ1n) is 4.41. The van der Waals surface area contributed by atoms with E-state index >= 15 is 0 Å². The second kappa shape index (κ2) is 5.81. The van der Waals surface area contributed by atoms with E-state index in [0.717, 1.165) is 12.3 Å². The maximum Gasteiger partial charge on any atom is 0.0330 e. The lowest BCUT2D eigenvalue weighted by molar-refractivity contribution is 0.596. The van der Waals surface area contributed by atoms with E-state index in [1.54, 1.807) is 0 Å². The van der Waals surface area contributed by atoms with Crippen molar-refractivity contribution < 1.29 is 0 Å². The normalized spacial score (nSPS) is 13.8. The summed E-state index contributed by atoms with van der Waals surface area (Å²) in [5.41, 5.74) is 2.25. The molecule has 12 heavy (non-hydrogen) atoms. The van der Waals surface area contributed by atoms with E-state index in [4.69, 9.17) is 0 Å². The summed E-state index contributed by atoms with van der Waals surface area (Å²) in [5.74, 6) is 0.687. The zero-order chi connectivity index (χ0) is 9.56. The fourth-order valence-corrected chi connectivity index (χ4v) is 0.794. The van der Waals surface area contributed by atoms with Gasteiger partial charge in [-0.05, 0) is 25.8 Å². The van der Waals surface area contributed by atoms with Crippen LogP contribution in [0.4, 0.5) is 0 Å². The molecule has 0 aliphatic carbocycles. The topological polar surface area (TPSA) is 24.4 Å². The van der Waals surface area contributed by atoms with E-state index in [1.807, 2.05) is 14.0 Å². The monoisotopic (exact) mass is 168 g/mol. The first-order chi connectivity index (χ1) is 5.56. The third-order valence-corrected chi connectivity index (χ3v) is 1.57. The summed E-state index contributed by atoms with van der Waals surface area (Å²) in [7, 11) is 1.81. The van der Waals surface area contributed by atoms with Gasteiger partial charge >= 0.3 is 0 Å². The molecule has 0 aliphatic heterocycles. The van der Waals surface area contributed by atoms with Crippen LogP contribution in [0.2, 0.25) is 0 Å². The Morgan fingerprint density at radius 3 is 2.42 bits per heavy atom. The molecule has 0 spiro atoms. The van der Waals surface area contributed by atoms with Crippen molar-refractivity contribution in [3.63, 3.8) is 0 Å². The molecular formula is C10H20N2. The minimum atomic E-state index is 0.687. The third-order valence-electron chi connectivity index (χ3n) is 1.57. The van der Waals surface area contributed by atoms with E-state index in [0.29, 0.717) is 5.92 Å². The predicted molar refractivity (Wildman–Crippen MR) is 55.6 cm³/mol. The van der Waals surface area contributed by atoms with Crippen LogP contribution in [-0.4, -0.2) is 19.3 Å². The number of nitrogens with one attached hydrogen (secondary N) is 1. The van der Waals surface area contributed by atoms with E-state index in [9.17, 15) is 0 Å². The van der Waals surface area contributed by atoms with Gasteiger partial charge in [0, 0.05) is 25.0 Å². The molecule has 0 fully saturated rings. The summed E-state index contributed by atoms with van der Waals surface area (Å²) in [6.45, 7) is 9.49. The molecule has 0 radical (unpaired) electrons. The van der Waals surface area contributed by atoms with Crippen LogP contribution >= 0.6 is 0 Å². The molecule has 0 amide bonds. The number of hydrogen-bond donors (Lipinski definition) is 1. The van der Waals surface area contributed by atoms with Gasteiger partial charge in [0.15, 0.2) is 0 Å². The lowest BCUT2D eigenvalue weighted by Crippen LogP contribution is -2.17. The zero-order valence-corrected chi connectivity index (χ0v) is 8.81. The molecule has 0 aromatic heterocycles. The molecule has 70 valence electrons. The van der Waals surface area contributed by atoms with Crippen molar-refractivity contribution in [3.05, 3.63) is 11.8 Å². The molecule has 0 saturated carbocycles. The summed E-state index contributed by atoms with van der Waals surface area (Å²) in [6.07, 6.45) is 2.06. The molecule has 1 N–H and O–H groups in total. The Morgan fingerprint density at radius 2 is 2.00 bits per heavy atom. The van der Waals surface area contributed by atoms with Gasteiger partial charge in [0.05, 0.1) is 0 Å². The molecule has 0 aromatic rings. The van der Waals surface area contributed by atoms with Crippen LogP contribution in [0.3, 0.4) is 0 Å². The number of allylic oxidation sites excluding steroid dienone is 2. The van der Waals surface area contributed by atoms with Crippen molar-refractivity contribution >= 4 is 5.71 Å². The van der Waals surface area contributed by atoms with Gasteiger partial charge in [0.25, 0.3) is 0 Å². The SMILES string of the molecule is CN=C(C)/C=C(\C)NCC(C)C. The zero-order valence-electron chi connectivity index (χ0n) is 8.81. The van der Waals surface area contributed by atoms with Gasteiger partial charge in [-0.3, -0.25) is 4.99 Å². The molecule has 0 atom stereocenters. The molecule has 0 heterocycles. The lowest BCUT2D eigenvalue weighted by atomic mass is 10.2. The summed E-state index contributed by atoms with van der Waals surface area (Å²) in [5, 5.41) is 3.33. The van der Waals surface area contributed by atoms with Crippen LogP contribution in [0, 0.1) is 5.92 Å². The standard InChI is InChI=1S/C10H20N2/c1-8(2)7-12-10(4)6-9(3)11-5/h6,8,12H,7H2,1-5H3/b10-6+,11-9?. The summed E-state index contributed by atoms with van der Waals surface area (Å²) < 4.78 is 0. The number of hydrogen-bond acceptors (Lipinski definition) is 2. The highest BCUT2D eigenvalue weighted by molar-refractivity contribution is 5.93. The van der Waals surface area contributed by atoms with Crippen molar-refractivity contribution in [2.75, 3.05) is 13.6 Å². The first kappa shape index (κ1) is 11.2. The van der Waals surface area contributed by atoms with Gasteiger partial charge in [0.1, 0.15) is 0 Å². The number of nitrogens with zero attached hydrogens (tertiary/aromatic N) is 1. The number of rotatable bonds is 4. The number of aliphatic imine (C=N–C) groups is 1. The second-order valence-electron chi connectivity index (χ2n) is 3.47. The van der Waals surface area contributed by atoms with Crippen LogP contribution in [0.15, 0.2) is 16.8 Å². The highest BCUT2D eigenvalue weighted by atomic mass is 14.9. The highest BCUT2D eigenvalue weighted by Gasteiger charge is 1.93. The van der Waals surface area contributed by atoms with E-state index in [1.165, 1.54) is 5.70 Å². The van der Waals surface area contributed by atoms with Crippen molar-refractivity contribution in [3.8, 4) is 0 Å². The van der Waals surface area contributed by atoms with Gasteiger partial charge < -0.3 is 5.32 Å². The molecule has 0 bridgehead atoms. The highest BCUT2D eigenvalue weighted by Crippen LogP contribution is 1.93. The minimum Gasteiger partial charge on any atom is -0.388 e. The van der Waals surface area contributed by atoms with Crippen LogP contribution < -0.4 is 5.32 Å². The van der Waals surface area contributed by atoms with Gasteiger partial charge in [-0.15, -0.1) is 0 Å². The first-order valence-corrected chi connectivity index (χ1v) is 4.41. The fraction of sp³-hybridized carbons (Fsp3) is 0.700. The quantitative estimate of drug-likeness (QED) is 0.640. The van der Waals surface area contributed by atoms with Crippen molar-refractivity contribution in [2.24, 2.45) is 10.9 Å². The molecular weight excluding hydrogens is 148 g/mol. The molecule has 0 saturated heterocycles. The summed E-state index contributed by atoms with van der Waals surface area (Å²) >= 11 is 0. The average molecular weight is 168 g/mol. The predicted octanol–water partition coefficient (Wildman–Crippen LogP) is 2.23. The Morgan fingerprint density at radius 1 is 1.42 bits per heavy atom.